The van der Waals surface area contributed by atoms with Gasteiger partial charge >= 0.3 is 0 Å². The summed E-state index contributed by atoms with van der Waals surface area (Å²) in [6.45, 7) is 0.555. The highest BCUT2D eigenvalue weighted by Crippen LogP contribution is 2.27. The summed E-state index contributed by atoms with van der Waals surface area (Å²) in [4.78, 5) is 4.55. The number of nitrogens with zero attached hydrogens (tertiary/aromatic N) is 3. The number of hydrogen-bond acceptors (Lipinski definition) is 3. The zero-order valence-corrected chi connectivity index (χ0v) is 15.6. The van der Waals surface area contributed by atoms with Crippen molar-refractivity contribution in [1.82, 2.24) is 14.8 Å². The zero-order chi connectivity index (χ0) is 18.1. The van der Waals surface area contributed by atoms with E-state index >= 15 is 0 Å². The Labute approximate surface area is 161 Å². The third-order valence-electron chi connectivity index (χ3n) is 4.25. The molecule has 0 atom stereocenters. The smallest absolute Gasteiger partial charge is 0.0703 e. The first-order valence-corrected chi connectivity index (χ1v) is 8.91. The molecule has 2 aromatic carbocycles. The molecule has 0 saturated carbocycles. The summed E-state index contributed by atoms with van der Waals surface area (Å²) in [5, 5.41) is 9.98. The summed E-state index contributed by atoms with van der Waals surface area (Å²) in [7, 11) is 1.90. The summed E-state index contributed by atoms with van der Waals surface area (Å²) < 4.78 is 1.78. The number of aromatic nitrogens is 3. The predicted octanol–water partition coefficient (Wildman–Crippen LogP) is 5.55. The Morgan fingerprint density at radius 3 is 2.54 bits per heavy atom. The Kier molecular flexibility index (Phi) is 4.53. The molecule has 4 nitrogen and oxygen atoms in total. The second-order valence-electron chi connectivity index (χ2n) is 6.09. The van der Waals surface area contributed by atoms with E-state index in [9.17, 15) is 0 Å². The van der Waals surface area contributed by atoms with Crippen LogP contribution in [0.2, 0.25) is 10.0 Å². The zero-order valence-electron chi connectivity index (χ0n) is 14.1. The molecule has 0 aliphatic rings. The first-order valence-electron chi connectivity index (χ1n) is 8.16. The first-order chi connectivity index (χ1) is 12.6. The quantitative estimate of drug-likeness (QED) is 0.502. The van der Waals surface area contributed by atoms with Gasteiger partial charge in [0.2, 0.25) is 0 Å². The number of aryl methyl sites for hydroxylation is 1. The van der Waals surface area contributed by atoms with E-state index in [1.54, 1.807) is 4.68 Å². The molecule has 0 spiro atoms. The standard InChI is InChI=1S/C20H16Cl2N4/c1-26-12-15(10-25-26)14-7-13-8-16(5-6-20(13)24-9-14)23-11-17-18(21)3-2-4-19(17)22/h2-10,12,23H,11H2,1H3. The molecule has 0 fully saturated rings. The molecule has 4 rings (SSSR count). The van der Waals surface area contributed by atoms with Crippen LogP contribution in [0.15, 0.2) is 61.1 Å². The second-order valence-corrected chi connectivity index (χ2v) is 6.90. The molecule has 0 unspecified atom stereocenters. The molecule has 0 aliphatic heterocycles. The fourth-order valence-corrected chi connectivity index (χ4v) is 3.39. The topological polar surface area (TPSA) is 42.7 Å². The van der Waals surface area contributed by atoms with Crippen LogP contribution in [0.5, 0.6) is 0 Å². The van der Waals surface area contributed by atoms with E-state index < -0.39 is 0 Å². The van der Waals surface area contributed by atoms with E-state index in [2.05, 4.69) is 27.5 Å². The lowest BCUT2D eigenvalue weighted by Gasteiger charge is -2.11. The van der Waals surface area contributed by atoms with E-state index in [1.165, 1.54) is 0 Å². The fraction of sp³-hybridized carbons (Fsp3) is 0.100. The highest BCUT2D eigenvalue weighted by Gasteiger charge is 2.07. The number of hydrogen-bond donors (Lipinski definition) is 1. The van der Waals surface area contributed by atoms with E-state index in [0.717, 1.165) is 33.3 Å². The van der Waals surface area contributed by atoms with Gasteiger partial charge in [0.1, 0.15) is 0 Å². The van der Waals surface area contributed by atoms with Gasteiger partial charge < -0.3 is 5.32 Å². The number of anilines is 1. The van der Waals surface area contributed by atoms with Crippen LogP contribution in [0, 0.1) is 0 Å². The summed E-state index contributed by atoms with van der Waals surface area (Å²) >= 11 is 12.5. The van der Waals surface area contributed by atoms with Gasteiger partial charge in [0.15, 0.2) is 0 Å². The number of pyridine rings is 1. The molecule has 2 heterocycles. The molecule has 1 N–H and O–H groups in total. The van der Waals surface area contributed by atoms with Crippen molar-refractivity contribution in [1.29, 1.82) is 0 Å². The van der Waals surface area contributed by atoms with Crippen LogP contribution in [-0.2, 0) is 13.6 Å². The molecule has 2 aromatic heterocycles. The van der Waals surface area contributed by atoms with Crippen molar-refractivity contribution in [2.75, 3.05) is 5.32 Å². The van der Waals surface area contributed by atoms with Crippen LogP contribution in [0.25, 0.3) is 22.0 Å². The average Bonchev–Trinajstić information content (AvgIpc) is 3.07. The average molecular weight is 383 g/mol. The minimum Gasteiger partial charge on any atom is -0.381 e. The molecule has 130 valence electrons. The van der Waals surface area contributed by atoms with Crippen molar-refractivity contribution < 1.29 is 0 Å². The lowest BCUT2D eigenvalue weighted by Crippen LogP contribution is -2.01. The first kappa shape index (κ1) is 16.9. The molecule has 0 amide bonds. The fourth-order valence-electron chi connectivity index (χ4n) is 2.86. The van der Waals surface area contributed by atoms with Crippen molar-refractivity contribution in [2.24, 2.45) is 7.05 Å². The summed E-state index contributed by atoms with van der Waals surface area (Å²) in [6, 6.07) is 13.7. The highest BCUT2D eigenvalue weighted by atomic mass is 35.5. The summed E-state index contributed by atoms with van der Waals surface area (Å²) in [6.07, 6.45) is 5.69. The maximum atomic E-state index is 6.24. The van der Waals surface area contributed by atoms with Gasteiger partial charge in [-0.1, -0.05) is 29.3 Å². The van der Waals surface area contributed by atoms with Crippen molar-refractivity contribution in [3.05, 3.63) is 76.7 Å². The molecule has 6 heteroatoms. The third kappa shape index (κ3) is 3.39. The minimum atomic E-state index is 0.555. The van der Waals surface area contributed by atoms with Gasteiger partial charge in [-0.25, -0.2) is 0 Å². The highest BCUT2D eigenvalue weighted by molar-refractivity contribution is 6.36. The summed E-state index contributed by atoms with van der Waals surface area (Å²) in [5.41, 5.74) is 4.90. The predicted molar refractivity (Wildman–Crippen MR) is 108 cm³/mol. The normalized spacial score (nSPS) is 11.0. The Hall–Kier alpha value is -2.56. The van der Waals surface area contributed by atoms with Gasteiger partial charge in [-0.05, 0) is 36.4 Å². The van der Waals surface area contributed by atoms with Gasteiger partial charge in [0.25, 0.3) is 0 Å². The van der Waals surface area contributed by atoms with Crippen LogP contribution < -0.4 is 5.32 Å². The van der Waals surface area contributed by atoms with Crippen LogP contribution >= 0.6 is 23.2 Å². The minimum absolute atomic E-state index is 0.555. The van der Waals surface area contributed by atoms with Crippen molar-refractivity contribution in [3.8, 4) is 11.1 Å². The Morgan fingerprint density at radius 1 is 1.00 bits per heavy atom. The van der Waals surface area contributed by atoms with Gasteiger partial charge in [-0.3, -0.25) is 9.67 Å². The molecule has 0 aliphatic carbocycles. The molecular weight excluding hydrogens is 367 g/mol. The van der Waals surface area contributed by atoms with Gasteiger partial charge in [-0.15, -0.1) is 0 Å². The summed E-state index contributed by atoms with van der Waals surface area (Å²) in [5.74, 6) is 0. The van der Waals surface area contributed by atoms with Crippen molar-refractivity contribution in [2.45, 2.75) is 6.54 Å². The number of benzene rings is 2. The van der Waals surface area contributed by atoms with E-state index in [0.29, 0.717) is 16.6 Å². The van der Waals surface area contributed by atoms with Gasteiger partial charge in [-0.2, -0.15) is 5.10 Å². The third-order valence-corrected chi connectivity index (χ3v) is 4.96. The van der Waals surface area contributed by atoms with Crippen LogP contribution in [0.4, 0.5) is 5.69 Å². The molecular formula is C20H16Cl2N4. The molecule has 0 radical (unpaired) electrons. The molecule has 0 saturated heterocycles. The lowest BCUT2D eigenvalue weighted by molar-refractivity contribution is 0.768. The SMILES string of the molecule is Cn1cc(-c2cnc3ccc(NCc4c(Cl)cccc4Cl)cc3c2)cn1. The largest absolute Gasteiger partial charge is 0.381 e. The van der Waals surface area contributed by atoms with Crippen LogP contribution in [-0.4, -0.2) is 14.8 Å². The molecule has 0 bridgehead atoms. The second kappa shape index (κ2) is 6.98. The Bertz CT molecular complexity index is 1070. The van der Waals surface area contributed by atoms with Crippen LogP contribution in [0.3, 0.4) is 0 Å². The van der Waals surface area contributed by atoms with Crippen LogP contribution in [0.1, 0.15) is 5.56 Å². The number of rotatable bonds is 4. The maximum absolute atomic E-state index is 6.24. The maximum Gasteiger partial charge on any atom is 0.0703 e. The number of halogens is 2. The lowest BCUT2D eigenvalue weighted by atomic mass is 10.1. The van der Waals surface area contributed by atoms with Gasteiger partial charge in [0, 0.05) is 63.8 Å². The van der Waals surface area contributed by atoms with Gasteiger partial charge in [0.05, 0.1) is 11.7 Å². The molecule has 4 aromatic rings. The van der Waals surface area contributed by atoms with E-state index in [4.69, 9.17) is 23.2 Å². The Morgan fingerprint density at radius 2 is 1.81 bits per heavy atom. The Balaban J connectivity index is 1.62. The van der Waals surface area contributed by atoms with E-state index in [1.807, 2.05) is 56.0 Å². The van der Waals surface area contributed by atoms with Crippen molar-refractivity contribution >= 4 is 39.8 Å². The number of fused-ring (bicyclic) bond motifs is 1. The monoisotopic (exact) mass is 382 g/mol. The van der Waals surface area contributed by atoms with E-state index in [-0.39, 0.29) is 0 Å². The van der Waals surface area contributed by atoms with Crippen molar-refractivity contribution in [3.63, 3.8) is 0 Å². The molecule has 26 heavy (non-hydrogen) atoms. The number of nitrogens with one attached hydrogen (secondary N) is 1.